The fraction of sp³-hybridized carbons (Fsp3) is 0.905. The van der Waals surface area contributed by atoms with Crippen LogP contribution in [0.5, 0.6) is 0 Å². The Morgan fingerprint density at radius 1 is 0.920 bits per heavy atom. The molecule has 0 saturated heterocycles. The monoisotopic (exact) mass is 347 g/mol. The highest BCUT2D eigenvalue weighted by Gasteiger charge is 2.60. The van der Waals surface area contributed by atoms with Crippen LogP contribution in [0.15, 0.2) is 0 Å². The molecule has 4 nitrogen and oxygen atoms in total. The lowest BCUT2D eigenvalue weighted by molar-refractivity contribution is -0.149. The van der Waals surface area contributed by atoms with E-state index >= 15 is 0 Å². The number of fused-ring (bicyclic) bond motifs is 5. The maximum atomic E-state index is 11.0. The van der Waals surface area contributed by atoms with E-state index in [2.05, 4.69) is 19.2 Å². The third-order valence-corrected chi connectivity index (χ3v) is 9.13. The lowest BCUT2D eigenvalue weighted by atomic mass is 9.45. The van der Waals surface area contributed by atoms with Gasteiger partial charge >= 0.3 is 0 Å². The minimum absolute atomic E-state index is 0.147. The van der Waals surface area contributed by atoms with Gasteiger partial charge in [0.2, 0.25) is 6.41 Å². The van der Waals surface area contributed by atoms with Crippen molar-refractivity contribution in [3.05, 3.63) is 0 Å². The summed E-state index contributed by atoms with van der Waals surface area (Å²) in [5.41, 5.74) is 0.715. The molecule has 4 fully saturated rings. The highest BCUT2D eigenvalue weighted by molar-refractivity contribution is 5.47. The number of carbonyl (C=O) groups is 2. The number of amides is 1. The van der Waals surface area contributed by atoms with Gasteiger partial charge < -0.3 is 10.1 Å². The van der Waals surface area contributed by atoms with Gasteiger partial charge in [0.05, 0.1) is 0 Å². The van der Waals surface area contributed by atoms with Crippen LogP contribution in [0.1, 0.15) is 71.6 Å². The summed E-state index contributed by atoms with van der Waals surface area (Å²) in [6.45, 7) is 5.61. The number of carbonyl (C=O) groups excluding carboxylic acids is 2. The zero-order valence-electron chi connectivity index (χ0n) is 15.7. The molecule has 1 N–H and O–H groups in total. The van der Waals surface area contributed by atoms with E-state index in [4.69, 9.17) is 4.74 Å². The molecule has 0 aromatic heterocycles. The molecule has 8 atom stereocenters. The van der Waals surface area contributed by atoms with E-state index in [1.165, 1.54) is 38.5 Å². The summed E-state index contributed by atoms with van der Waals surface area (Å²) in [5, 5.41) is 3.14. The first-order valence-corrected chi connectivity index (χ1v) is 10.3. The second kappa shape index (κ2) is 6.28. The predicted octanol–water partition coefficient (Wildman–Crippen LogP) is 3.69. The molecule has 0 heterocycles. The largest absolute Gasteiger partial charge is 0.465 e. The zero-order valence-corrected chi connectivity index (χ0v) is 15.7. The molecule has 0 unspecified atom stereocenters. The number of nitrogens with one attached hydrogen (secondary N) is 1. The average Bonchev–Trinajstić information content (AvgIpc) is 2.93. The summed E-state index contributed by atoms with van der Waals surface area (Å²) in [6, 6.07) is 0.373. The average molecular weight is 347 g/mol. The fourth-order valence-corrected chi connectivity index (χ4v) is 7.78. The van der Waals surface area contributed by atoms with Gasteiger partial charge in [-0.3, -0.25) is 9.59 Å². The van der Waals surface area contributed by atoms with Gasteiger partial charge in [-0.2, -0.15) is 0 Å². The highest BCUT2D eigenvalue weighted by atomic mass is 16.5. The Balaban J connectivity index is 1.54. The van der Waals surface area contributed by atoms with Gasteiger partial charge in [-0.1, -0.05) is 13.8 Å². The van der Waals surface area contributed by atoms with Crippen LogP contribution in [0, 0.1) is 34.5 Å². The lowest BCUT2D eigenvalue weighted by Gasteiger charge is -2.61. The van der Waals surface area contributed by atoms with Crippen molar-refractivity contribution in [2.24, 2.45) is 34.5 Å². The van der Waals surface area contributed by atoms with Crippen molar-refractivity contribution < 1.29 is 14.3 Å². The molecule has 0 radical (unpaired) electrons. The number of hydrogen-bond donors (Lipinski definition) is 1. The first-order chi connectivity index (χ1) is 12.0. The van der Waals surface area contributed by atoms with Gasteiger partial charge in [-0.25, -0.2) is 0 Å². The Morgan fingerprint density at radius 3 is 2.44 bits per heavy atom. The van der Waals surface area contributed by atoms with Crippen LogP contribution in [-0.4, -0.2) is 25.0 Å². The molecule has 0 aromatic carbocycles. The topological polar surface area (TPSA) is 55.4 Å². The van der Waals surface area contributed by atoms with E-state index in [0.717, 1.165) is 43.4 Å². The summed E-state index contributed by atoms with van der Waals surface area (Å²) in [7, 11) is 0. The summed E-state index contributed by atoms with van der Waals surface area (Å²) in [6.07, 6.45) is 12.0. The summed E-state index contributed by atoms with van der Waals surface area (Å²) < 4.78 is 5.32. The second-order valence-electron chi connectivity index (χ2n) is 9.74. The smallest absolute Gasteiger partial charge is 0.293 e. The van der Waals surface area contributed by atoms with Crippen molar-refractivity contribution in [2.45, 2.75) is 83.8 Å². The van der Waals surface area contributed by atoms with Crippen LogP contribution in [0.3, 0.4) is 0 Å². The predicted molar refractivity (Wildman–Crippen MR) is 95.7 cm³/mol. The molecule has 4 saturated carbocycles. The standard InChI is InChI=1S/C21H33NO3/c1-20-9-7-15(25-13-24)11-14(20)3-4-16-17-5-6-19(22-12-23)21(17,2)10-8-18(16)20/h12-19H,3-11H2,1-2H3,(H,22,23)/t14-,15-,16-,17+,18-,19-,20-,21-/m0/s1. The Hall–Kier alpha value is -1.06. The van der Waals surface area contributed by atoms with Crippen LogP contribution in [0.4, 0.5) is 0 Å². The molecule has 0 aromatic rings. The number of ether oxygens (including phenoxy) is 1. The molecule has 4 heteroatoms. The van der Waals surface area contributed by atoms with Crippen molar-refractivity contribution in [3.8, 4) is 0 Å². The molecule has 25 heavy (non-hydrogen) atoms. The van der Waals surface area contributed by atoms with E-state index < -0.39 is 0 Å². The Morgan fingerprint density at radius 2 is 1.68 bits per heavy atom. The van der Waals surface area contributed by atoms with Gasteiger partial charge in [-0.15, -0.1) is 0 Å². The van der Waals surface area contributed by atoms with E-state index in [-0.39, 0.29) is 6.10 Å². The number of hydrogen-bond acceptors (Lipinski definition) is 3. The van der Waals surface area contributed by atoms with Crippen LogP contribution in [-0.2, 0) is 14.3 Å². The lowest BCUT2D eigenvalue weighted by Crippen LogP contribution is -2.55. The molecule has 0 bridgehead atoms. The molecule has 1 amide bonds. The molecule has 4 rings (SSSR count). The third kappa shape index (κ3) is 2.54. The van der Waals surface area contributed by atoms with Crippen molar-refractivity contribution in [2.75, 3.05) is 0 Å². The van der Waals surface area contributed by atoms with Gasteiger partial charge in [-0.05, 0) is 92.3 Å². The Kier molecular flexibility index (Phi) is 4.36. The van der Waals surface area contributed by atoms with Crippen molar-refractivity contribution >= 4 is 12.9 Å². The van der Waals surface area contributed by atoms with Gasteiger partial charge in [0, 0.05) is 6.04 Å². The van der Waals surface area contributed by atoms with Gasteiger partial charge in [0.25, 0.3) is 6.47 Å². The highest BCUT2D eigenvalue weighted by Crippen LogP contribution is 2.66. The minimum Gasteiger partial charge on any atom is -0.465 e. The van der Waals surface area contributed by atoms with Crippen molar-refractivity contribution in [1.82, 2.24) is 5.32 Å². The molecular weight excluding hydrogens is 314 g/mol. The first-order valence-electron chi connectivity index (χ1n) is 10.3. The number of rotatable bonds is 4. The van der Waals surface area contributed by atoms with E-state index in [1.54, 1.807) is 0 Å². The van der Waals surface area contributed by atoms with E-state index in [9.17, 15) is 9.59 Å². The van der Waals surface area contributed by atoms with Crippen LogP contribution < -0.4 is 5.32 Å². The molecule has 4 aliphatic carbocycles. The van der Waals surface area contributed by atoms with Crippen molar-refractivity contribution in [1.29, 1.82) is 0 Å². The van der Waals surface area contributed by atoms with Crippen LogP contribution in [0.25, 0.3) is 0 Å². The zero-order chi connectivity index (χ0) is 17.7. The molecule has 140 valence electrons. The second-order valence-corrected chi connectivity index (χ2v) is 9.74. The fourth-order valence-electron chi connectivity index (χ4n) is 7.78. The summed E-state index contributed by atoms with van der Waals surface area (Å²) >= 11 is 0. The summed E-state index contributed by atoms with van der Waals surface area (Å²) in [5.74, 6) is 3.12. The third-order valence-electron chi connectivity index (χ3n) is 9.13. The SMILES string of the molecule is C[C@]12CC[C@H](OC=O)C[C@@H]1CC[C@H]1[C@H]3CC[C@H](NC=O)[C@@]3(C)CC[C@@H]12. The Labute approximate surface area is 151 Å². The summed E-state index contributed by atoms with van der Waals surface area (Å²) in [4.78, 5) is 21.8. The van der Waals surface area contributed by atoms with Crippen LogP contribution in [0.2, 0.25) is 0 Å². The van der Waals surface area contributed by atoms with Crippen molar-refractivity contribution in [3.63, 3.8) is 0 Å². The maximum Gasteiger partial charge on any atom is 0.293 e. The Bertz CT molecular complexity index is 537. The normalized spacial score (nSPS) is 51.6. The molecular formula is C21H33NO3. The van der Waals surface area contributed by atoms with Gasteiger partial charge in [0.1, 0.15) is 6.10 Å². The molecule has 0 aliphatic heterocycles. The minimum atomic E-state index is 0.147. The first kappa shape index (κ1) is 17.4. The maximum absolute atomic E-state index is 11.0. The molecule has 0 spiro atoms. The quantitative estimate of drug-likeness (QED) is 0.789. The van der Waals surface area contributed by atoms with E-state index in [1.807, 2.05) is 0 Å². The van der Waals surface area contributed by atoms with Crippen LogP contribution >= 0.6 is 0 Å². The van der Waals surface area contributed by atoms with Gasteiger partial charge in [0.15, 0.2) is 0 Å². The molecule has 4 aliphatic rings. The van der Waals surface area contributed by atoms with E-state index in [0.29, 0.717) is 29.3 Å².